The molecule has 0 aliphatic carbocycles. The van der Waals surface area contributed by atoms with Crippen LogP contribution in [0.4, 0.5) is 0 Å². The van der Waals surface area contributed by atoms with E-state index in [0.717, 1.165) is 17.5 Å². The highest BCUT2D eigenvalue weighted by Crippen LogP contribution is 2.29. The van der Waals surface area contributed by atoms with Gasteiger partial charge in [-0.05, 0) is 25.0 Å². The Balaban J connectivity index is 2.56. The van der Waals surface area contributed by atoms with Gasteiger partial charge in [-0.2, -0.15) is 0 Å². The molecule has 78 valence electrons. The molecule has 0 saturated heterocycles. The van der Waals surface area contributed by atoms with Gasteiger partial charge in [-0.3, -0.25) is 0 Å². The minimum absolute atomic E-state index is 0.346. The molecule has 0 radical (unpaired) electrons. The van der Waals surface area contributed by atoms with Crippen molar-refractivity contribution >= 4 is 10.9 Å². The quantitative estimate of drug-likeness (QED) is 0.735. The Morgan fingerprint density at radius 1 is 1.47 bits per heavy atom. The maximum Gasteiger partial charge on any atom is 0.0457 e. The number of aromatic amines is 1. The van der Waals surface area contributed by atoms with Crippen LogP contribution in [0.3, 0.4) is 0 Å². The number of hydrogen-bond donors (Lipinski definition) is 2. The summed E-state index contributed by atoms with van der Waals surface area (Å²) in [5, 5.41) is 1.20. The van der Waals surface area contributed by atoms with E-state index in [-0.39, 0.29) is 5.54 Å². The van der Waals surface area contributed by atoms with E-state index in [1.54, 1.807) is 0 Å². The van der Waals surface area contributed by atoms with Gasteiger partial charge in [-0.1, -0.05) is 24.3 Å². The molecule has 0 amide bonds. The number of fused-ring (bicyclic) bond motifs is 1. The van der Waals surface area contributed by atoms with Crippen LogP contribution in [0.1, 0.15) is 18.9 Å². The predicted octanol–water partition coefficient (Wildman–Crippen LogP) is 2.92. The molecule has 1 heterocycles. The molecule has 2 nitrogen and oxygen atoms in total. The Bertz CT molecular complexity index is 480. The second kappa shape index (κ2) is 3.55. The summed E-state index contributed by atoms with van der Waals surface area (Å²) in [5.41, 5.74) is 8.21. The van der Waals surface area contributed by atoms with E-state index in [2.05, 4.69) is 23.7 Å². The fourth-order valence-corrected chi connectivity index (χ4v) is 1.95. The molecule has 2 aromatic rings. The Hall–Kier alpha value is -1.54. The fourth-order valence-electron chi connectivity index (χ4n) is 1.95. The van der Waals surface area contributed by atoms with Crippen LogP contribution in [0.2, 0.25) is 0 Å². The predicted molar refractivity (Wildman–Crippen MR) is 64.7 cm³/mol. The zero-order chi connectivity index (χ0) is 10.9. The Morgan fingerprint density at radius 3 is 2.93 bits per heavy atom. The highest BCUT2D eigenvalue weighted by Gasteiger charge is 2.22. The molecule has 15 heavy (non-hydrogen) atoms. The van der Waals surface area contributed by atoms with Gasteiger partial charge in [-0.25, -0.2) is 0 Å². The third kappa shape index (κ3) is 1.68. The van der Waals surface area contributed by atoms with Crippen LogP contribution in [-0.2, 0) is 5.54 Å². The molecule has 1 atom stereocenters. The zero-order valence-electron chi connectivity index (χ0n) is 8.96. The molecule has 1 aromatic carbocycles. The molecule has 0 bridgehead atoms. The van der Waals surface area contributed by atoms with E-state index in [9.17, 15) is 0 Å². The van der Waals surface area contributed by atoms with Gasteiger partial charge in [0.05, 0.1) is 0 Å². The minimum Gasteiger partial charge on any atom is -0.361 e. The first-order valence-electron chi connectivity index (χ1n) is 5.11. The van der Waals surface area contributed by atoms with Gasteiger partial charge in [0.1, 0.15) is 0 Å². The largest absolute Gasteiger partial charge is 0.361 e. The molecule has 0 fully saturated rings. The van der Waals surface area contributed by atoms with Crippen molar-refractivity contribution < 1.29 is 0 Å². The first-order chi connectivity index (χ1) is 7.15. The van der Waals surface area contributed by atoms with Gasteiger partial charge < -0.3 is 10.7 Å². The molecular weight excluding hydrogens is 184 g/mol. The van der Waals surface area contributed by atoms with Crippen molar-refractivity contribution in [2.45, 2.75) is 18.9 Å². The maximum absolute atomic E-state index is 6.27. The Morgan fingerprint density at radius 2 is 2.20 bits per heavy atom. The second-order valence-electron chi connectivity index (χ2n) is 4.16. The van der Waals surface area contributed by atoms with Gasteiger partial charge in [0.2, 0.25) is 0 Å². The number of rotatable bonds is 3. The van der Waals surface area contributed by atoms with Gasteiger partial charge in [-0.15, -0.1) is 6.58 Å². The van der Waals surface area contributed by atoms with E-state index in [1.165, 1.54) is 5.39 Å². The third-order valence-electron chi connectivity index (χ3n) is 2.77. The van der Waals surface area contributed by atoms with Crippen LogP contribution in [0.25, 0.3) is 10.9 Å². The fraction of sp³-hybridized carbons (Fsp3) is 0.231. The number of aromatic nitrogens is 1. The summed E-state index contributed by atoms with van der Waals surface area (Å²) in [7, 11) is 0. The average molecular weight is 200 g/mol. The molecule has 1 unspecified atom stereocenters. The maximum atomic E-state index is 6.27. The lowest BCUT2D eigenvalue weighted by Gasteiger charge is -2.22. The number of para-hydroxylation sites is 1. The summed E-state index contributed by atoms with van der Waals surface area (Å²) in [4.78, 5) is 3.24. The lowest BCUT2D eigenvalue weighted by molar-refractivity contribution is 0.507. The number of benzene rings is 1. The Labute approximate surface area is 89.8 Å². The van der Waals surface area contributed by atoms with Gasteiger partial charge in [0, 0.05) is 22.6 Å². The summed E-state index contributed by atoms with van der Waals surface area (Å²) >= 11 is 0. The molecule has 1 aromatic heterocycles. The van der Waals surface area contributed by atoms with E-state index < -0.39 is 0 Å². The molecule has 0 saturated carbocycles. The van der Waals surface area contributed by atoms with Crippen molar-refractivity contribution in [2.75, 3.05) is 0 Å². The number of H-pyrrole nitrogens is 1. The van der Waals surface area contributed by atoms with Crippen LogP contribution < -0.4 is 5.73 Å². The van der Waals surface area contributed by atoms with Crippen molar-refractivity contribution in [1.82, 2.24) is 4.98 Å². The smallest absolute Gasteiger partial charge is 0.0457 e. The highest BCUT2D eigenvalue weighted by atomic mass is 14.8. The second-order valence-corrected chi connectivity index (χ2v) is 4.16. The number of nitrogens with one attached hydrogen (secondary N) is 1. The molecule has 0 aliphatic rings. The molecule has 0 spiro atoms. The lowest BCUT2D eigenvalue weighted by atomic mass is 9.89. The van der Waals surface area contributed by atoms with Crippen LogP contribution in [0, 0.1) is 0 Å². The Kier molecular flexibility index (Phi) is 2.37. The van der Waals surface area contributed by atoms with Crippen molar-refractivity contribution in [2.24, 2.45) is 5.73 Å². The van der Waals surface area contributed by atoms with Gasteiger partial charge >= 0.3 is 0 Å². The first kappa shape index (κ1) is 9.99. The topological polar surface area (TPSA) is 41.8 Å². The average Bonchev–Trinajstić information content (AvgIpc) is 2.61. The van der Waals surface area contributed by atoms with Crippen molar-refractivity contribution in [3.63, 3.8) is 0 Å². The summed E-state index contributed by atoms with van der Waals surface area (Å²) < 4.78 is 0. The SMILES string of the molecule is C=CCC(C)(N)c1c[nH]c2ccccc12. The zero-order valence-corrected chi connectivity index (χ0v) is 8.96. The van der Waals surface area contributed by atoms with Crippen LogP contribution in [0.5, 0.6) is 0 Å². The van der Waals surface area contributed by atoms with E-state index >= 15 is 0 Å². The van der Waals surface area contributed by atoms with Crippen molar-refractivity contribution in [3.05, 3.63) is 48.7 Å². The van der Waals surface area contributed by atoms with Gasteiger partial charge in [0.25, 0.3) is 0 Å². The minimum atomic E-state index is -0.346. The van der Waals surface area contributed by atoms with Crippen LogP contribution in [-0.4, -0.2) is 4.98 Å². The van der Waals surface area contributed by atoms with Crippen LogP contribution in [0.15, 0.2) is 43.1 Å². The van der Waals surface area contributed by atoms with Crippen molar-refractivity contribution in [3.8, 4) is 0 Å². The van der Waals surface area contributed by atoms with Crippen molar-refractivity contribution in [1.29, 1.82) is 0 Å². The van der Waals surface area contributed by atoms with Crippen LogP contribution >= 0.6 is 0 Å². The summed E-state index contributed by atoms with van der Waals surface area (Å²) in [6, 6.07) is 8.20. The van der Waals surface area contributed by atoms with E-state index in [1.807, 2.05) is 31.3 Å². The highest BCUT2D eigenvalue weighted by molar-refractivity contribution is 5.84. The lowest BCUT2D eigenvalue weighted by Crippen LogP contribution is -2.31. The third-order valence-corrected chi connectivity index (χ3v) is 2.77. The summed E-state index contributed by atoms with van der Waals surface area (Å²) in [6.07, 6.45) is 4.63. The molecule has 2 heteroatoms. The standard InChI is InChI=1S/C13H16N2/c1-3-8-13(2,14)11-9-15-12-7-5-4-6-10(11)12/h3-7,9,15H,1,8,14H2,2H3. The number of hydrogen-bond acceptors (Lipinski definition) is 1. The normalized spacial score (nSPS) is 15.1. The number of nitrogens with two attached hydrogens (primary N) is 1. The molecule has 2 rings (SSSR count). The van der Waals surface area contributed by atoms with Gasteiger partial charge in [0.15, 0.2) is 0 Å². The molecular formula is C13H16N2. The summed E-state index contributed by atoms with van der Waals surface area (Å²) in [5.74, 6) is 0. The molecule has 3 N–H and O–H groups in total. The first-order valence-corrected chi connectivity index (χ1v) is 5.11. The monoisotopic (exact) mass is 200 g/mol. The van der Waals surface area contributed by atoms with E-state index in [4.69, 9.17) is 5.73 Å². The molecule has 0 aliphatic heterocycles. The summed E-state index contributed by atoms with van der Waals surface area (Å²) in [6.45, 7) is 5.78. The van der Waals surface area contributed by atoms with E-state index in [0.29, 0.717) is 0 Å².